The van der Waals surface area contributed by atoms with Crippen molar-refractivity contribution < 1.29 is 23.1 Å². The van der Waals surface area contributed by atoms with Crippen molar-refractivity contribution in [2.45, 2.75) is 11.8 Å². The second-order valence-electron chi connectivity index (χ2n) is 5.12. The molecule has 2 aromatic carbocycles. The molecule has 6 heteroatoms. The minimum atomic E-state index is -0.478. The molecule has 0 aliphatic carbocycles. The number of allylic oxidation sites excluding steroid dienone is 2. The summed E-state index contributed by atoms with van der Waals surface area (Å²) in [4.78, 5) is 17.1. The first-order valence-corrected chi connectivity index (χ1v) is 8.25. The Hall–Kier alpha value is -2.41. The highest BCUT2D eigenvalue weighted by Crippen LogP contribution is 2.40. The summed E-state index contributed by atoms with van der Waals surface area (Å²) in [5, 5.41) is 0. The van der Waals surface area contributed by atoms with E-state index in [4.69, 9.17) is 4.74 Å². The average molecular weight is 358 g/mol. The molecule has 0 unspecified atom stereocenters. The van der Waals surface area contributed by atoms with Crippen LogP contribution >= 0.6 is 12.0 Å². The van der Waals surface area contributed by atoms with E-state index in [9.17, 15) is 9.18 Å². The third-order valence-corrected chi connectivity index (χ3v) is 4.35. The van der Waals surface area contributed by atoms with Crippen molar-refractivity contribution in [3.05, 3.63) is 77.3 Å². The number of hydrogen-bond donors (Lipinski definition) is 0. The molecule has 1 aliphatic rings. The molecule has 0 bridgehead atoms. The number of cyclic esters (lactones) is 1. The first-order chi connectivity index (χ1) is 12.2. The van der Waals surface area contributed by atoms with E-state index in [1.165, 1.54) is 13.2 Å². The van der Waals surface area contributed by atoms with Gasteiger partial charge in [0.25, 0.3) is 0 Å². The third kappa shape index (κ3) is 3.51. The van der Waals surface area contributed by atoms with Gasteiger partial charge in [0.05, 0.1) is 29.6 Å². The third-order valence-electron chi connectivity index (χ3n) is 3.64. The average Bonchev–Trinajstić information content (AvgIpc) is 2.97. The van der Waals surface area contributed by atoms with Crippen LogP contribution in [0.4, 0.5) is 4.39 Å². The monoisotopic (exact) mass is 358 g/mol. The Labute approximate surface area is 149 Å². The van der Waals surface area contributed by atoms with Crippen LogP contribution < -0.4 is 0 Å². The summed E-state index contributed by atoms with van der Waals surface area (Å²) in [5.41, 5.74) is 2.27. The predicted molar refractivity (Wildman–Crippen MR) is 93.5 cm³/mol. The van der Waals surface area contributed by atoms with Gasteiger partial charge in [-0.2, -0.15) is 4.33 Å². The highest BCUT2D eigenvalue weighted by atomic mass is 32.2. The molecule has 0 fully saturated rings. The zero-order valence-electron chi connectivity index (χ0n) is 13.6. The van der Waals surface area contributed by atoms with Crippen LogP contribution in [0.25, 0.3) is 11.1 Å². The number of hydrogen-bond acceptors (Lipinski definition) is 5. The van der Waals surface area contributed by atoms with Gasteiger partial charge in [-0.05, 0) is 36.3 Å². The highest BCUT2D eigenvalue weighted by Gasteiger charge is 2.31. The maximum absolute atomic E-state index is 14.4. The van der Waals surface area contributed by atoms with Gasteiger partial charge in [-0.3, -0.25) is 0 Å². The van der Waals surface area contributed by atoms with Crippen molar-refractivity contribution in [2.24, 2.45) is 0 Å². The van der Waals surface area contributed by atoms with E-state index in [1.807, 2.05) is 30.3 Å². The van der Waals surface area contributed by atoms with Crippen molar-refractivity contribution in [3.8, 4) is 0 Å². The minimum absolute atomic E-state index is 0.278. The van der Waals surface area contributed by atoms with Crippen molar-refractivity contribution in [1.29, 1.82) is 0 Å². The Balaban J connectivity index is 2.12. The summed E-state index contributed by atoms with van der Waals surface area (Å²) in [7, 11) is 1.34. The molecule has 0 saturated carbocycles. The van der Waals surface area contributed by atoms with Gasteiger partial charge in [0.2, 0.25) is 0 Å². The second-order valence-corrected chi connectivity index (χ2v) is 5.86. The smallest absolute Gasteiger partial charge is 0.344 e. The molecular weight excluding hydrogens is 343 g/mol. The molecule has 0 amide bonds. The molecule has 0 atom stereocenters. The SMILES string of the molecule is C/C=C1\OC(=O)C(c2ccccc2)=C1c1ccc(SOOC)c(F)c1. The summed E-state index contributed by atoms with van der Waals surface area (Å²) >= 11 is 0.776. The fourth-order valence-electron chi connectivity index (χ4n) is 2.58. The molecule has 0 spiro atoms. The van der Waals surface area contributed by atoms with Crippen molar-refractivity contribution in [3.63, 3.8) is 0 Å². The molecule has 4 nitrogen and oxygen atoms in total. The maximum atomic E-state index is 14.4. The Morgan fingerprint density at radius 2 is 1.84 bits per heavy atom. The molecule has 0 N–H and O–H groups in total. The number of ether oxygens (including phenoxy) is 1. The van der Waals surface area contributed by atoms with Crippen LogP contribution in [0.15, 0.2) is 65.3 Å². The molecule has 128 valence electrons. The largest absolute Gasteiger partial charge is 0.423 e. The molecule has 2 aromatic rings. The summed E-state index contributed by atoms with van der Waals surface area (Å²) in [5.74, 6) is -0.512. The van der Waals surface area contributed by atoms with Crippen LogP contribution in [-0.2, 0) is 18.8 Å². The zero-order valence-corrected chi connectivity index (χ0v) is 14.4. The van der Waals surface area contributed by atoms with Crippen LogP contribution in [-0.4, -0.2) is 13.1 Å². The fraction of sp³-hybridized carbons (Fsp3) is 0.105. The van der Waals surface area contributed by atoms with Gasteiger partial charge in [-0.15, -0.1) is 0 Å². The normalized spacial score (nSPS) is 15.8. The van der Waals surface area contributed by atoms with Crippen LogP contribution in [0.5, 0.6) is 0 Å². The molecule has 0 saturated heterocycles. The molecule has 0 aromatic heterocycles. The number of rotatable bonds is 5. The highest BCUT2D eigenvalue weighted by molar-refractivity contribution is 7.94. The Bertz CT molecular complexity index is 859. The first-order valence-electron chi connectivity index (χ1n) is 7.51. The van der Waals surface area contributed by atoms with Gasteiger partial charge in [-0.1, -0.05) is 36.4 Å². The predicted octanol–water partition coefficient (Wildman–Crippen LogP) is 4.78. The summed E-state index contributed by atoms with van der Waals surface area (Å²) in [6, 6.07) is 13.8. The maximum Gasteiger partial charge on any atom is 0.344 e. The summed E-state index contributed by atoms with van der Waals surface area (Å²) < 4.78 is 24.4. The number of halogens is 1. The Morgan fingerprint density at radius 3 is 2.48 bits per heavy atom. The minimum Gasteiger partial charge on any atom is -0.423 e. The lowest BCUT2D eigenvalue weighted by atomic mass is 9.95. The standard InChI is InChI=1S/C19H15FO4S/c1-3-15-17(13-9-10-16(14(20)11-13)25-24-22-2)18(19(21)23-15)12-7-5-4-6-8-12/h3-11H,1-2H3/b15-3-. The van der Waals surface area contributed by atoms with Gasteiger partial charge in [0.15, 0.2) is 0 Å². The van der Waals surface area contributed by atoms with E-state index in [0.717, 1.165) is 17.6 Å². The van der Waals surface area contributed by atoms with Crippen LogP contribution in [0, 0.1) is 5.82 Å². The van der Waals surface area contributed by atoms with Gasteiger partial charge >= 0.3 is 5.97 Å². The van der Waals surface area contributed by atoms with Crippen molar-refractivity contribution in [2.75, 3.05) is 7.11 Å². The van der Waals surface area contributed by atoms with Crippen LogP contribution in [0.1, 0.15) is 18.1 Å². The topological polar surface area (TPSA) is 44.8 Å². The molecule has 25 heavy (non-hydrogen) atoms. The van der Waals surface area contributed by atoms with Crippen LogP contribution in [0.3, 0.4) is 0 Å². The molecular formula is C19H15FO4S. The van der Waals surface area contributed by atoms with E-state index < -0.39 is 11.8 Å². The Morgan fingerprint density at radius 1 is 1.08 bits per heavy atom. The van der Waals surface area contributed by atoms with Gasteiger partial charge < -0.3 is 4.74 Å². The van der Waals surface area contributed by atoms with Crippen molar-refractivity contribution in [1.82, 2.24) is 0 Å². The van der Waals surface area contributed by atoms with E-state index in [-0.39, 0.29) is 4.90 Å². The number of benzene rings is 2. The zero-order chi connectivity index (χ0) is 17.8. The number of esters is 1. The quantitative estimate of drug-likeness (QED) is 0.333. The summed E-state index contributed by atoms with van der Waals surface area (Å²) in [6.45, 7) is 1.77. The molecule has 1 heterocycles. The van der Waals surface area contributed by atoms with E-state index in [0.29, 0.717) is 22.5 Å². The van der Waals surface area contributed by atoms with Crippen molar-refractivity contribution >= 4 is 29.2 Å². The summed E-state index contributed by atoms with van der Waals surface area (Å²) in [6.07, 6.45) is 1.69. The first kappa shape index (κ1) is 17.4. The lowest BCUT2D eigenvalue weighted by Gasteiger charge is -2.08. The van der Waals surface area contributed by atoms with Gasteiger partial charge in [-0.25, -0.2) is 14.1 Å². The lowest BCUT2D eigenvalue weighted by Crippen LogP contribution is -1.98. The lowest BCUT2D eigenvalue weighted by molar-refractivity contribution is -0.160. The molecule has 1 aliphatic heterocycles. The van der Waals surface area contributed by atoms with Crippen LogP contribution in [0.2, 0.25) is 0 Å². The molecule has 0 radical (unpaired) electrons. The Kier molecular flexibility index (Phi) is 5.33. The molecule has 3 rings (SSSR count). The van der Waals surface area contributed by atoms with E-state index in [1.54, 1.807) is 25.1 Å². The van der Waals surface area contributed by atoms with E-state index >= 15 is 0 Å². The number of carbonyl (C=O) groups is 1. The fourth-order valence-corrected chi connectivity index (χ4v) is 2.98. The van der Waals surface area contributed by atoms with Gasteiger partial charge in [0, 0.05) is 5.57 Å². The second kappa shape index (κ2) is 7.65. The van der Waals surface area contributed by atoms with Gasteiger partial charge in [0.1, 0.15) is 11.6 Å². The van der Waals surface area contributed by atoms with E-state index in [2.05, 4.69) is 9.22 Å². The number of carbonyl (C=O) groups excluding carboxylic acids is 1.